The second kappa shape index (κ2) is 4.65. The van der Waals surface area contributed by atoms with Gasteiger partial charge in [0.2, 0.25) is 0 Å². The van der Waals surface area contributed by atoms with Crippen molar-refractivity contribution in [2.24, 2.45) is 0 Å². The lowest BCUT2D eigenvalue weighted by molar-refractivity contribution is 0.616. The molecule has 1 aromatic heterocycles. The van der Waals surface area contributed by atoms with Gasteiger partial charge >= 0.3 is 0 Å². The van der Waals surface area contributed by atoms with Crippen LogP contribution in [0.15, 0.2) is 53.2 Å². The molecule has 0 spiro atoms. The highest BCUT2D eigenvalue weighted by molar-refractivity contribution is 5.79. The van der Waals surface area contributed by atoms with E-state index in [1.807, 2.05) is 18.2 Å². The molecule has 0 aliphatic heterocycles. The van der Waals surface area contributed by atoms with Crippen LogP contribution < -0.4 is 0 Å². The minimum absolute atomic E-state index is 0.941. The highest BCUT2D eigenvalue weighted by atomic mass is 16.3. The maximum Gasteiger partial charge on any atom is 0.134 e. The summed E-state index contributed by atoms with van der Waals surface area (Å²) in [6.07, 6.45) is 11.1. The van der Waals surface area contributed by atoms with Gasteiger partial charge in [0.1, 0.15) is 5.58 Å². The van der Waals surface area contributed by atoms with Gasteiger partial charge in [-0.05, 0) is 24.1 Å². The zero-order valence-corrected chi connectivity index (χ0v) is 8.81. The van der Waals surface area contributed by atoms with Crippen molar-refractivity contribution in [2.75, 3.05) is 0 Å². The Labute approximate surface area is 89.7 Å². The summed E-state index contributed by atoms with van der Waals surface area (Å²) in [5, 5.41) is 1.15. The van der Waals surface area contributed by atoms with E-state index in [2.05, 4.69) is 37.3 Å². The molecular formula is C14H14O. The van der Waals surface area contributed by atoms with Crippen LogP contribution in [0.1, 0.15) is 18.9 Å². The lowest BCUT2D eigenvalue weighted by atomic mass is 10.1. The third-order valence-corrected chi connectivity index (χ3v) is 2.25. The minimum Gasteiger partial charge on any atom is -0.464 e. The first-order valence-electron chi connectivity index (χ1n) is 5.20. The zero-order chi connectivity index (χ0) is 10.5. The topological polar surface area (TPSA) is 13.1 Å². The van der Waals surface area contributed by atoms with E-state index in [9.17, 15) is 0 Å². The van der Waals surface area contributed by atoms with Crippen LogP contribution in [0.25, 0.3) is 17.0 Å². The maximum absolute atomic E-state index is 5.33. The van der Waals surface area contributed by atoms with Gasteiger partial charge in [-0.2, -0.15) is 0 Å². The second-order valence-corrected chi connectivity index (χ2v) is 3.41. The summed E-state index contributed by atoms with van der Waals surface area (Å²) in [7, 11) is 0. The molecule has 0 atom stereocenters. The fraction of sp³-hybridized carbons (Fsp3) is 0.143. The summed E-state index contributed by atoms with van der Waals surface area (Å²) in [4.78, 5) is 0. The van der Waals surface area contributed by atoms with Gasteiger partial charge < -0.3 is 4.42 Å². The Kier molecular flexibility index (Phi) is 3.03. The van der Waals surface area contributed by atoms with Gasteiger partial charge in [0.25, 0.3) is 0 Å². The molecule has 0 saturated carbocycles. The van der Waals surface area contributed by atoms with Crippen molar-refractivity contribution < 1.29 is 4.42 Å². The maximum atomic E-state index is 5.33. The lowest BCUT2D eigenvalue weighted by Gasteiger charge is -1.92. The number of allylic oxidation sites excluding steroid dienone is 3. The monoisotopic (exact) mass is 198 g/mol. The van der Waals surface area contributed by atoms with Crippen LogP contribution in [0.2, 0.25) is 0 Å². The van der Waals surface area contributed by atoms with Crippen molar-refractivity contribution in [1.29, 1.82) is 0 Å². The van der Waals surface area contributed by atoms with Crippen molar-refractivity contribution in [2.45, 2.75) is 13.3 Å². The van der Waals surface area contributed by atoms with E-state index >= 15 is 0 Å². The fourth-order valence-corrected chi connectivity index (χ4v) is 1.46. The van der Waals surface area contributed by atoms with Crippen LogP contribution in [0.3, 0.4) is 0 Å². The average Bonchev–Trinajstić information content (AvgIpc) is 2.71. The van der Waals surface area contributed by atoms with E-state index in [-0.39, 0.29) is 0 Å². The van der Waals surface area contributed by atoms with Gasteiger partial charge in [-0.25, -0.2) is 0 Å². The Morgan fingerprint density at radius 3 is 3.00 bits per heavy atom. The first-order chi connectivity index (χ1) is 7.40. The largest absolute Gasteiger partial charge is 0.464 e. The molecule has 0 bridgehead atoms. The van der Waals surface area contributed by atoms with Crippen LogP contribution in [-0.2, 0) is 0 Å². The summed E-state index contributed by atoms with van der Waals surface area (Å²) in [6.45, 7) is 2.12. The molecule has 2 rings (SSSR count). The number of furan rings is 1. The van der Waals surface area contributed by atoms with Gasteiger partial charge in [-0.15, -0.1) is 0 Å². The van der Waals surface area contributed by atoms with Crippen molar-refractivity contribution in [3.05, 3.63) is 54.3 Å². The first-order valence-corrected chi connectivity index (χ1v) is 5.20. The Morgan fingerprint density at radius 1 is 1.20 bits per heavy atom. The predicted octanol–water partition coefficient (Wildman–Crippen LogP) is 4.41. The molecule has 0 amide bonds. The number of hydrogen-bond acceptors (Lipinski definition) is 1. The molecule has 0 unspecified atom stereocenters. The van der Waals surface area contributed by atoms with Crippen LogP contribution in [0.4, 0.5) is 0 Å². The molecule has 0 saturated heterocycles. The molecule has 0 radical (unpaired) electrons. The Bertz CT molecular complexity index is 489. The molecule has 1 nitrogen and oxygen atoms in total. The van der Waals surface area contributed by atoms with Crippen molar-refractivity contribution >= 4 is 17.0 Å². The third-order valence-electron chi connectivity index (χ3n) is 2.25. The van der Waals surface area contributed by atoms with E-state index in [0.29, 0.717) is 0 Å². The molecule has 2 aromatic rings. The smallest absolute Gasteiger partial charge is 0.134 e. The van der Waals surface area contributed by atoms with E-state index in [1.54, 1.807) is 6.26 Å². The Balaban J connectivity index is 2.21. The normalized spacial score (nSPS) is 12.1. The number of benzene rings is 1. The Morgan fingerprint density at radius 2 is 2.13 bits per heavy atom. The van der Waals surface area contributed by atoms with Gasteiger partial charge in [0.05, 0.1) is 6.26 Å². The summed E-state index contributed by atoms with van der Waals surface area (Å²) in [5.74, 6) is 0. The third kappa shape index (κ3) is 2.38. The van der Waals surface area contributed by atoms with Crippen LogP contribution in [0.5, 0.6) is 0 Å². The van der Waals surface area contributed by atoms with E-state index in [1.165, 1.54) is 5.56 Å². The highest BCUT2D eigenvalue weighted by Gasteiger charge is 1.95. The molecule has 1 heteroatoms. The molecule has 0 fully saturated rings. The van der Waals surface area contributed by atoms with Crippen LogP contribution in [0, 0.1) is 0 Å². The number of hydrogen-bond donors (Lipinski definition) is 0. The van der Waals surface area contributed by atoms with Crippen LogP contribution >= 0.6 is 0 Å². The molecule has 1 heterocycles. The van der Waals surface area contributed by atoms with Crippen molar-refractivity contribution in [1.82, 2.24) is 0 Å². The molecule has 15 heavy (non-hydrogen) atoms. The number of fused-ring (bicyclic) bond motifs is 1. The SMILES string of the molecule is CCC=CC=Cc1ccc2ccoc2c1. The van der Waals surface area contributed by atoms with E-state index in [4.69, 9.17) is 4.42 Å². The number of rotatable bonds is 3. The highest BCUT2D eigenvalue weighted by Crippen LogP contribution is 2.17. The summed E-state index contributed by atoms with van der Waals surface area (Å²) >= 11 is 0. The summed E-state index contributed by atoms with van der Waals surface area (Å²) in [5.41, 5.74) is 2.11. The molecule has 0 aliphatic rings. The molecular weight excluding hydrogens is 184 g/mol. The summed E-state index contributed by atoms with van der Waals surface area (Å²) in [6, 6.07) is 8.18. The zero-order valence-electron chi connectivity index (χ0n) is 8.81. The van der Waals surface area contributed by atoms with E-state index in [0.717, 1.165) is 17.4 Å². The van der Waals surface area contributed by atoms with Crippen LogP contribution in [-0.4, -0.2) is 0 Å². The molecule has 76 valence electrons. The molecule has 0 N–H and O–H groups in total. The van der Waals surface area contributed by atoms with Crippen molar-refractivity contribution in [3.8, 4) is 0 Å². The van der Waals surface area contributed by atoms with Crippen molar-refractivity contribution in [3.63, 3.8) is 0 Å². The lowest BCUT2D eigenvalue weighted by Crippen LogP contribution is -1.70. The fourth-order valence-electron chi connectivity index (χ4n) is 1.46. The van der Waals surface area contributed by atoms with Gasteiger partial charge in [0, 0.05) is 5.39 Å². The predicted molar refractivity (Wildman–Crippen MR) is 64.7 cm³/mol. The van der Waals surface area contributed by atoms with Gasteiger partial charge in [-0.3, -0.25) is 0 Å². The van der Waals surface area contributed by atoms with E-state index < -0.39 is 0 Å². The second-order valence-electron chi connectivity index (χ2n) is 3.41. The standard InChI is InChI=1S/C14H14O/c1-2-3-4-5-6-12-7-8-13-9-10-15-14(13)11-12/h3-11H,2H2,1H3. The Hall–Kier alpha value is -1.76. The average molecular weight is 198 g/mol. The first kappa shape index (κ1) is 9.78. The van der Waals surface area contributed by atoms with Gasteiger partial charge in [-0.1, -0.05) is 43.4 Å². The quantitative estimate of drug-likeness (QED) is 0.666. The van der Waals surface area contributed by atoms with Gasteiger partial charge in [0.15, 0.2) is 0 Å². The minimum atomic E-state index is 0.941. The molecule has 1 aromatic carbocycles. The molecule has 0 aliphatic carbocycles. The summed E-state index contributed by atoms with van der Waals surface area (Å²) < 4.78 is 5.33.